The standard InChI is InChI=1S/C12H14O3/c1-9(13)3-5-11(2)7-8-12(11)6-4-10(14)15-12/h3-6H,7-8H2,1-2H3/b5-3-. The summed E-state index contributed by atoms with van der Waals surface area (Å²) in [6.45, 7) is 3.53. The lowest BCUT2D eigenvalue weighted by molar-refractivity contribution is -0.168. The van der Waals surface area contributed by atoms with E-state index >= 15 is 0 Å². The van der Waals surface area contributed by atoms with E-state index in [0.29, 0.717) is 0 Å². The normalized spacial score (nSPS) is 38.4. The second kappa shape index (κ2) is 3.05. The van der Waals surface area contributed by atoms with E-state index in [0.717, 1.165) is 12.8 Å². The average molecular weight is 206 g/mol. The van der Waals surface area contributed by atoms with Crippen molar-refractivity contribution in [2.24, 2.45) is 5.41 Å². The molecule has 1 heterocycles. The molecule has 1 aliphatic heterocycles. The molecular weight excluding hydrogens is 192 g/mol. The van der Waals surface area contributed by atoms with Gasteiger partial charge in [-0.05, 0) is 31.9 Å². The Balaban J connectivity index is 2.20. The van der Waals surface area contributed by atoms with Crippen LogP contribution in [0.3, 0.4) is 0 Å². The van der Waals surface area contributed by atoms with Gasteiger partial charge in [0, 0.05) is 11.5 Å². The fraction of sp³-hybridized carbons (Fsp3) is 0.500. The van der Waals surface area contributed by atoms with E-state index in [1.54, 1.807) is 6.08 Å². The zero-order valence-corrected chi connectivity index (χ0v) is 8.95. The van der Waals surface area contributed by atoms with Crippen molar-refractivity contribution in [1.82, 2.24) is 0 Å². The van der Waals surface area contributed by atoms with Crippen molar-refractivity contribution < 1.29 is 14.3 Å². The minimum absolute atomic E-state index is 0.0200. The number of carbonyl (C=O) groups is 2. The van der Waals surface area contributed by atoms with E-state index in [9.17, 15) is 9.59 Å². The van der Waals surface area contributed by atoms with Crippen molar-refractivity contribution in [2.75, 3.05) is 0 Å². The van der Waals surface area contributed by atoms with Crippen LogP contribution in [0.25, 0.3) is 0 Å². The lowest BCUT2D eigenvalue weighted by atomic mass is 9.57. The average Bonchev–Trinajstić information content (AvgIpc) is 2.58. The van der Waals surface area contributed by atoms with Gasteiger partial charge in [0.05, 0.1) is 0 Å². The molecule has 3 nitrogen and oxygen atoms in total. The first-order valence-corrected chi connectivity index (χ1v) is 5.09. The van der Waals surface area contributed by atoms with Crippen LogP contribution in [0.1, 0.15) is 26.7 Å². The van der Waals surface area contributed by atoms with Gasteiger partial charge in [-0.2, -0.15) is 0 Å². The first kappa shape index (κ1) is 10.1. The molecule has 1 saturated carbocycles. The van der Waals surface area contributed by atoms with Gasteiger partial charge >= 0.3 is 5.97 Å². The highest BCUT2D eigenvalue weighted by Gasteiger charge is 2.57. The van der Waals surface area contributed by atoms with Crippen LogP contribution in [0.4, 0.5) is 0 Å². The third-order valence-electron chi connectivity index (χ3n) is 3.44. The largest absolute Gasteiger partial charge is 0.451 e. The van der Waals surface area contributed by atoms with Gasteiger partial charge in [-0.15, -0.1) is 0 Å². The molecule has 3 heteroatoms. The monoisotopic (exact) mass is 206 g/mol. The van der Waals surface area contributed by atoms with Crippen LogP contribution in [-0.2, 0) is 14.3 Å². The quantitative estimate of drug-likeness (QED) is 0.511. The van der Waals surface area contributed by atoms with Gasteiger partial charge in [-0.25, -0.2) is 4.79 Å². The highest BCUT2D eigenvalue weighted by molar-refractivity contribution is 5.88. The Kier molecular flexibility index (Phi) is 2.07. The maximum absolute atomic E-state index is 11.1. The third-order valence-corrected chi connectivity index (χ3v) is 3.44. The van der Waals surface area contributed by atoms with E-state index < -0.39 is 5.60 Å². The van der Waals surface area contributed by atoms with Gasteiger partial charge in [0.25, 0.3) is 0 Å². The van der Waals surface area contributed by atoms with Crippen molar-refractivity contribution in [2.45, 2.75) is 32.3 Å². The number of carbonyl (C=O) groups excluding carboxylic acids is 2. The third kappa shape index (κ3) is 1.42. The molecule has 0 bridgehead atoms. The fourth-order valence-electron chi connectivity index (χ4n) is 2.18. The topological polar surface area (TPSA) is 43.4 Å². The molecule has 0 saturated heterocycles. The molecule has 2 aliphatic rings. The molecule has 2 unspecified atom stereocenters. The zero-order chi connectivity index (χ0) is 11.1. The van der Waals surface area contributed by atoms with E-state index in [1.807, 2.05) is 19.1 Å². The Bertz CT molecular complexity index is 380. The lowest BCUT2D eigenvalue weighted by Gasteiger charge is -2.51. The molecule has 2 atom stereocenters. The smallest absolute Gasteiger partial charge is 0.331 e. The van der Waals surface area contributed by atoms with Crippen molar-refractivity contribution in [3.05, 3.63) is 24.3 Å². The number of rotatable bonds is 2. The maximum Gasteiger partial charge on any atom is 0.331 e. The summed E-state index contributed by atoms with van der Waals surface area (Å²) in [4.78, 5) is 22.0. The highest BCUT2D eigenvalue weighted by Crippen LogP contribution is 2.55. The van der Waals surface area contributed by atoms with Crippen molar-refractivity contribution in [1.29, 1.82) is 0 Å². The van der Waals surface area contributed by atoms with Crippen LogP contribution >= 0.6 is 0 Å². The summed E-state index contributed by atoms with van der Waals surface area (Å²) in [5, 5.41) is 0. The van der Waals surface area contributed by atoms with Crippen molar-refractivity contribution in [3.63, 3.8) is 0 Å². The summed E-state index contributed by atoms with van der Waals surface area (Å²) in [6, 6.07) is 0. The molecule has 0 radical (unpaired) electrons. The molecule has 1 aliphatic carbocycles. The van der Waals surface area contributed by atoms with Crippen LogP contribution in [0.5, 0.6) is 0 Å². The summed E-state index contributed by atoms with van der Waals surface area (Å²) in [7, 11) is 0. The van der Waals surface area contributed by atoms with Crippen LogP contribution < -0.4 is 0 Å². The fourth-order valence-corrected chi connectivity index (χ4v) is 2.18. The summed E-state index contributed by atoms with van der Waals surface area (Å²) < 4.78 is 5.32. The molecule has 0 aromatic rings. The molecule has 1 spiro atoms. The Morgan fingerprint density at radius 1 is 1.53 bits per heavy atom. The van der Waals surface area contributed by atoms with Crippen LogP contribution in [0, 0.1) is 5.41 Å². The highest BCUT2D eigenvalue weighted by atomic mass is 16.6. The molecule has 0 N–H and O–H groups in total. The Hall–Kier alpha value is -1.38. The predicted molar refractivity (Wildman–Crippen MR) is 55.1 cm³/mol. The number of ketones is 1. The Labute approximate surface area is 88.8 Å². The molecule has 0 amide bonds. The SMILES string of the molecule is CC(=O)/C=C\C1(C)CCC12C=CC(=O)O2. The first-order valence-electron chi connectivity index (χ1n) is 5.09. The van der Waals surface area contributed by atoms with E-state index in [-0.39, 0.29) is 17.2 Å². The van der Waals surface area contributed by atoms with Crippen LogP contribution in [0.2, 0.25) is 0 Å². The van der Waals surface area contributed by atoms with Gasteiger partial charge < -0.3 is 4.74 Å². The molecule has 80 valence electrons. The van der Waals surface area contributed by atoms with Crippen LogP contribution in [0.15, 0.2) is 24.3 Å². The molecule has 1 fully saturated rings. The second-order valence-corrected chi connectivity index (χ2v) is 4.51. The van der Waals surface area contributed by atoms with Gasteiger partial charge in [0.15, 0.2) is 5.78 Å². The number of esters is 1. The number of hydrogen-bond acceptors (Lipinski definition) is 3. The second-order valence-electron chi connectivity index (χ2n) is 4.51. The van der Waals surface area contributed by atoms with Crippen molar-refractivity contribution >= 4 is 11.8 Å². The van der Waals surface area contributed by atoms with Crippen molar-refractivity contribution in [3.8, 4) is 0 Å². The minimum atomic E-state index is -0.490. The zero-order valence-electron chi connectivity index (χ0n) is 8.95. The van der Waals surface area contributed by atoms with E-state index in [2.05, 4.69) is 0 Å². The molecule has 0 aromatic heterocycles. The molecule has 0 aromatic carbocycles. The summed E-state index contributed by atoms with van der Waals surface area (Å²) in [5.74, 6) is -0.260. The predicted octanol–water partition coefficient (Wildman–Crippen LogP) is 1.78. The molecular formula is C12H14O3. The minimum Gasteiger partial charge on any atom is -0.451 e. The maximum atomic E-state index is 11.1. The molecule has 2 rings (SSSR count). The van der Waals surface area contributed by atoms with Gasteiger partial charge in [-0.3, -0.25) is 4.79 Å². The number of hydrogen-bond donors (Lipinski definition) is 0. The summed E-state index contributed by atoms with van der Waals surface area (Å²) in [5.41, 5.74) is -0.711. The Morgan fingerprint density at radius 2 is 2.27 bits per heavy atom. The summed E-state index contributed by atoms with van der Waals surface area (Å²) >= 11 is 0. The van der Waals surface area contributed by atoms with Gasteiger partial charge in [0.1, 0.15) is 5.60 Å². The van der Waals surface area contributed by atoms with E-state index in [1.165, 1.54) is 13.0 Å². The number of ether oxygens (including phenoxy) is 1. The lowest BCUT2D eigenvalue weighted by Crippen LogP contribution is -2.53. The first-order chi connectivity index (χ1) is 6.97. The molecule has 15 heavy (non-hydrogen) atoms. The van der Waals surface area contributed by atoms with Gasteiger partial charge in [0.2, 0.25) is 0 Å². The number of allylic oxidation sites excluding steroid dienone is 1. The summed E-state index contributed by atoms with van der Waals surface area (Å²) in [6.07, 6.45) is 8.49. The van der Waals surface area contributed by atoms with Crippen LogP contribution in [-0.4, -0.2) is 17.4 Å². The van der Waals surface area contributed by atoms with E-state index in [4.69, 9.17) is 4.74 Å². The Morgan fingerprint density at radius 3 is 2.67 bits per heavy atom. The van der Waals surface area contributed by atoms with Gasteiger partial charge in [-0.1, -0.05) is 13.0 Å².